The van der Waals surface area contributed by atoms with Crippen LogP contribution in [0.5, 0.6) is 0 Å². The molecule has 0 aliphatic heterocycles. The largest absolute Gasteiger partial charge is 0.328 e. The van der Waals surface area contributed by atoms with Crippen molar-refractivity contribution in [3.63, 3.8) is 0 Å². The highest BCUT2D eigenvalue weighted by atomic mass is 32.2. The predicted octanol–water partition coefficient (Wildman–Crippen LogP) is 2.52. The molecule has 0 radical (unpaired) electrons. The summed E-state index contributed by atoms with van der Waals surface area (Å²) in [4.78, 5) is 13.3. The van der Waals surface area contributed by atoms with E-state index in [1.54, 1.807) is 11.9 Å². The standard InChI is InChI=1S/C9H16N4OS2/c1-4-5-6-13(2)8(14)10-7-11-12-9(15-3)16-7/h4-6H2,1-3H3,(H,10,11,14). The van der Waals surface area contributed by atoms with Crippen LogP contribution in [0.3, 0.4) is 0 Å². The highest BCUT2D eigenvalue weighted by molar-refractivity contribution is 8.00. The average molecular weight is 260 g/mol. The lowest BCUT2D eigenvalue weighted by Gasteiger charge is -2.15. The number of hydrogen-bond acceptors (Lipinski definition) is 5. The first-order chi connectivity index (χ1) is 7.67. The van der Waals surface area contributed by atoms with Crippen LogP contribution in [-0.2, 0) is 0 Å². The second-order valence-corrected chi connectivity index (χ2v) is 5.31. The van der Waals surface area contributed by atoms with Gasteiger partial charge in [0.1, 0.15) is 0 Å². The van der Waals surface area contributed by atoms with Crippen molar-refractivity contribution in [2.24, 2.45) is 0 Å². The molecule has 1 rings (SSSR count). The summed E-state index contributed by atoms with van der Waals surface area (Å²) in [6.07, 6.45) is 4.02. The fourth-order valence-electron chi connectivity index (χ4n) is 1.03. The molecule has 1 heterocycles. The molecule has 0 fully saturated rings. The number of hydrogen-bond donors (Lipinski definition) is 1. The van der Waals surface area contributed by atoms with E-state index < -0.39 is 0 Å². The highest BCUT2D eigenvalue weighted by Gasteiger charge is 2.11. The number of carbonyl (C=O) groups excluding carboxylic acids is 1. The summed E-state index contributed by atoms with van der Waals surface area (Å²) in [7, 11) is 1.78. The molecule has 16 heavy (non-hydrogen) atoms. The van der Waals surface area contributed by atoms with Crippen molar-refractivity contribution in [2.75, 3.05) is 25.2 Å². The van der Waals surface area contributed by atoms with Gasteiger partial charge in [-0.05, 0) is 12.7 Å². The molecule has 0 atom stereocenters. The third-order valence-corrected chi connectivity index (χ3v) is 3.80. The number of anilines is 1. The Morgan fingerprint density at radius 2 is 2.31 bits per heavy atom. The van der Waals surface area contributed by atoms with Crippen LogP contribution < -0.4 is 5.32 Å². The van der Waals surface area contributed by atoms with Crippen LogP contribution in [0.25, 0.3) is 0 Å². The number of nitrogens with one attached hydrogen (secondary N) is 1. The molecular weight excluding hydrogens is 244 g/mol. The monoisotopic (exact) mass is 260 g/mol. The predicted molar refractivity (Wildman–Crippen MR) is 68.2 cm³/mol. The summed E-state index contributed by atoms with van der Waals surface area (Å²) >= 11 is 2.90. The molecule has 0 saturated carbocycles. The zero-order valence-corrected chi connectivity index (χ0v) is 11.3. The molecule has 0 unspecified atom stereocenters. The molecule has 0 bridgehead atoms. The fraction of sp³-hybridized carbons (Fsp3) is 0.667. The number of aromatic nitrogens is 2. The quantitative estimate of drug-likeness (QED) is 0.653. The molecule has 0 aliphatic rings. The Morgan fingerprint density at radius 1 is 1.56 bits per heavy atom. The smallest absolute Gasteiger partial charge is 0.323 e. The SMILES string of the molecule is CCCCN(C)C(=O)Nc1nnc(SC)s1. The Morgan fingerprint density at radius 3 is 2.88 bits per heavy atom. The van der Waals surface area contributed by atoms with Gasteiger partial charge in [-0.3, -0.25) is 5.32 Å². The second-order valence-electron chi connectivity index (χ2n) is 3.28. The van der Waals surface area contributed by atoms with Gasteiger partial charge in [0.2, 0.25) is 5.13 Å². The number of thioether (sulfide) groups is 1. The minimum Gasteiger partial charge on any atom is -0.328 e. The molecule has 2 amide bonds. The summed E-state index contributed by atoms with van der Waals surface area (Å²) in [5, 5.41) is 11.1. The molecule has 1 aromatic rings. The number of carbonyl (C=O) groups is 1. The molecule has 1 aromatic heterocycles. The van der Waals surface area contributed by atoms with Crippen molar-refractivity contribution in [1.29, 1.82) is 0 Å². The maximum absolute atomic E-state index is 11.7. The lowest BCUT2D eigenvalue weighted by Crippen LogP contribution is -2.32. The Kier molecular flexibility index (Phi) is 5.54. The topological polar surface area (TPSA) is 58.1 Å². The molecule has 90 valence electrons. The van der Waals surface area contributed by atoms with Crippen LogP contribution >= 0.6 is 23.1 Å². The fourth-order valence-corrected chi connectivity index (χ4v) is 2.19. The highest BCUT2D eigenvalue weighted by Crippen LogP contribution is 2.23. The summed E-state index contributed by atoms with van der Waals surface area (Å²) < 4.78 is 0.853. The Hall–Kier alpha value is -0.820. The maximum atomic E-state index is 11.7. The minimum absolute atomic E-state index is 0.128. The number of unbranched alkanes of at least 4 members (excludes halogenated alkanes) is 1. The first kappa shape index (κ1) is 13.2. The lowest BCUT2D eigenvalue weighted by atomic mass is 10.3. The molecule has 0 aromatic carbocycles. The van der Waals surface area contributed by atoms with Gasteiger partial charge in [-0.15, -0.1) is 10.2 Å². The van der Waals surface area contributed by atoms with Gasteiger partial charge < -0.3 is 4.90 Å². The van der Waals surface area contributed by atoms with Crippen molar-refractivity contribution < 1.29 is 4.79 Å². The van der Waals surface area contributed by atoms with Crippen molar-refractivity contribution in [1.82, 2.24) is 15.1 Å². The van der Waals surface area contributed by atoms with Crippen molar-refractivity contribution in [2.45, 2.75) is 24.1 Å². The van der Waals surface area contributed by atoms with Gasteiger partial charge in [-0.25, -0.2) is 4.79 Å². The third kappa shape index (κ3) is 3.97. The Bertz CT molecular complexity index is 342. The maximum Gasteiger partial charge on any atom is 0.323 e. The van der Waals surface area contributed by atoms with Gasteiger partial charge in [-0.1, -0.05) is 36.4 Å². The number of amides is 2. The average Bonchev–Trinajstić information content (AvgIpc) is 2.73. The van der Waals surface area contributed by atoms with E-state index >= 15 is 0 Å². The van der Waals surface area contributed by atoms with Crippen LogP contribution in [0.1, 0.15) is 19.8 Å². The summed E-state index contributed by atoms with van der Waals surface area (Å²) in [6, 6.07) is -0.128. The molecule has 5 nitrogen and oxygen atoms in total. The summed E-state index contributed by atoms with van der Waals surface area (Å²) in [6.45, 7) is 2.86. The van der Waals surface area contributed by atoms with Gasteiger partial charge in [-0.2, -0.15) is 0 Å². The molecule has 0 spiro atoms. The molecule has 0 saturated heterocycles. The first-order valence-electron chi connectivity index (χ1n) is 5.07. The van der Waals surface area contributed by atoms with Gasteiger partial charge in [0, 0.05) is 13.6 Å². The third-order valence-electron chi connectivity index (χ3n) is 1.99. The number of urea groups is 1. The normalized spacial score (nSPS) is 10.2. The second kappa shape index (κ2) is 6.70. The zero-order chi connectivity index (χ0) is 12.0. The van der Waals surface area contributed by atoms with E-state index in [1.165, 1.54) is 23.1 Å². The molecule has 1 N–H and O–H groups in total. The van der Waals surface area contributed by atoms with Crippen molar-refractivity contribution in [3.05, 3.63) is 0 Å². The van der Waals surface area contributed by atoms with Crippen LogP contribution in [0.2, 0.25) is 0 Å². The first-order valence-corrected chi connectivity index (χ1v) is 7.11. The molecular formula is C9H16N4OS2. The molecule has 0 aliphatic carbocycles. The van der Waals surface area contributed by atoms with E-state index in [4.69, 9.17) is 0 Å². The number of nitrogens with zero attached hydrogens (tertiary/aromatic N) is 3. The molecule has 7 heteroatoms. The lowest BCUT2D eigenvalue weighted by molar-refractivity contribution is 0.222. The van der Waals surface area contributed by atoms with Gasteiger partial charge >= 0.3 is 6.03 Å². The Balaban J connectivity index is 2.44. The van der Waals surface area contributed by atoms with Crippen molar-refractivity contribution >= 4 is 34.3 Å². The van der Waals surface area contributed by atoms with Gasteiger partial charge in [0.15, 0.2) is 4.34 Å². The van der Waals surface area contributed by atoms with Gasteiger partial charge in [0.05, 0.1) is 0 Å². The minimum atomic E-state index is -0.128. The van der Waals surface area contributed by atoms with E-state index in [0.717, 1.165) is 23.7 Å². The van der Waals surface area contributed by atoms with Crippen molar-refractivity contribution in [3.8, 4) is 0 Å². The van der Waals surface area contributed by atoms with Crippen LogP contribution in [0.15, 0.2) is 4.34 Å². The van der Waals surface area contributed by atoms with E-state index in [1.807, 2.05) is 6.26 Å². The zero-order valence-electron chi connectivity index (χ0n) is 9.69. The van der Waals surface area contributed by atoms with Gasteiger partial charge in [0.25, 0.3) is 0 Å². The Labute approximate surface area is 104 Å². The van der Waals surface area contributed by atoms with E-state index in [2.05, 4.69) is 22.4 Å². The number of rotatable bonds is 5. The van der Waals surface area contributed by atoms with Crippen LogP contribution in [-0.4, -0.2) is 41.0 Å². The van der Waals surface area contributed by atoms with Crippen LogP contribution in [0, 0.1) is 0 Å². The van der Waals surface area contributed by atoms with Crippen LogP contribution in [0.4, 0.5) is 9.93 Å². The van der Waals surface area contributed by atoms with E-state index in [0.29, 0.717) is 5.13 Å². The van der Waals surface area contributed by atoms with E-state index in [-0.39, 0.29) is 6.03 Å². The summed E-state index contributed by atoms with van der Waals surface area (Å²) in [5.74, 6) is 0. The van der Waals surface area contributed by atoms with E-state index in [9.17, 15) is 4.79 Å². The summed E-state index contributed by atoms with van der Waals surface area (Å²) in [5.41, 5.74) is 0.